The second-order valence-corrected chi connectivity index (χ2v) is 2.33. The summed E-state index contributed by atoms with van der Waals surface area (Å²) in [5, 5.41) is 0. The smallest absolute Gasteiger partial charge is 0.532 e. The molecular formula is C5H2B2O5. The molecule has 2 radical (unpaired) electrons. The van der Waals surface area contributed by atoms with Crippen LogP contribution in [0.25, 0.3) is 0 Å². The lowest BCUT2D eigenvalue weighted by Gasteiger charge is -2.10. The number of rotatable bonds is 0. The molecule has 0 fully saturated rings. The van der Waals surface area contributed by atoms with Crippen molar-refractivity contribution < 1.29 is 23.0 Å². The molecule has 3 rings (SSSR count). The van der Waals surface area contributed by atoms with Crippen LogP contribution in [0.4, 0.5) is 0 Å². The van der Waals surface area contributed by atoms with Crippen LogP contribution in [0.5, 0.6) is 17.4 Å². The maximum absolute atomic E-state index is 5.20. The van der Waals surface area contributed by atoms with Crippen LogP contribution in [0, 0.1) is 0 Å². The zero-order chi connectivity index (χ0) is 7.97. The molecule has 7 heteroatoms. The van der Waals surface area contributed by atoms with Gasteiger partial charge in [0.25, 0.3) is 0 Å². The molecule has 0 saturated heterocycles. The van der Waals surface area contributed by atoms with Crippen LogP contribution in [0.2, 0.25) is 0 Å². The summed E-state index contributed by atoms with van der Waals surface area (Å²) in [5.74, 6) is 1.91. The van der Waals surface area contributed by atoms with Crippen LogP contribution in [0.3, 0.4) is 0 Å². The SMILES string of the molecule is [B]1OCc2oc3c(c2O1)O[B]O3. The average molecular weight is 164 g/mol. The van der Waals surface area contributed by atoms with Gasteiger partial charge in [0.05, 0.1) is 6.61 Å². The fourth-order valence-corrected chi connectivity index (χ4v) is 1.13. The lowest BCUT2D eigenvalue weighted by molar-refractivity contribution is 0.212. The van der Waals surface area contributed by atoms with E-state index in [4.69, 9.17) is 23.0 Å². The molecule has 3 heterocycles. The van der Waals surface area contributed by atoms with Crippen LogP contribution < -0.4 is 14.0 Å². The molecule has 2 aliphatic heterocycles. The second-order valence-electron chi connectivity index (χ2n) is 2.33. The maximum Gasteiger partial charge on any atom is 0.660 e. The minimum absolute atomic E-state index is 0.318. The summed E-state index contributed by atoms with van der Waals surface area (Å²) < 4.78 is 25.0. The highest BCUT2D eigenvalue weighted by Gasteiger charge is 2.32. The zero-order valence-electron chi connectivity index (χ0n) is 5.90. The maximum atomic E-state index is 5.20. The van der Waals surface area contributed by atoms with Gasteiger partial charge in [0.1, 0.15) is 0 Å². The Morgan fingerprint density at radius 2 is 1.92 bits per heavy atom. The molecule has 12 heavy (non-hydrogen) atoms. The van der Waals surface area contributed by atoms with Crippen molar-refractivity contribution in [3.8, 4) is 17.4 Å². The van der Waals surface area contributed by atoms with Gasteiger partial charge in [-0.2, -0.15) is 0 Å². The number of fused-ring (bicyclic) bond motifs is 3. The molecule has 0 aromatic carbocycles. The standard InChI is InChI=1S/C5H2B2O5/c1-2-3(10-6-8-1)4-5(9-2)12-7-11-4/h1H2. The first-order chi connectivity index (χ1) is 5.95. The van der Waals surface area contributed by atoms with Crippen LogP contribution in [0.15, 0.2) is 4.42 Å². The average Bonchev–Trinajstić information content (AvgIpc) is 2.62. The Kier molecular flexibility index (Phi) is 1.12. The van der Waals surface area contributed by atoms with E-state index in [1.165, 1.54) is 15.4 Å². The topological polar surface area (TPSA) is 50.1 Å². The minimum atomic E-state index is 0.318. The first-order valence-electron chi connectivity index (χ1n) is 3.36. The second kappa shape index (κ2) is 2.13. The van der Waals surface area contributed by atoms with E-state index in [-0.39, 0.29) is 0 Å². The number of hydrogen-bond acceptors (Lipinski definition) is 5. The van der Waals surface area contributed by atoms with E-state index in [2.05, 4.69) is 0 Å². The first-order valence-corrected chi connectivity index (χ1v) is 3.36. The molecule has 0 amide bonds. The molecule has 0 saturated carbocycles. The van der Waals surface area contributed by atoms with E-state index in [1.54, 1.807) is 0 Å². The van der Waals surface area contributed by atoms with Crippen molar-refractivity contribution in [2.75, 3.05) is 0 Å². The molecule has 0 aliphatic carbocycles. The van der Waals surface area contributed by atoms with E-state index in [0.29, 0.717) is 29.8 Å². The van der Waals surface area contributed by atoms with Gasteiger partial charge in [0, 0.05) is 0 Å². The van der Waals surface area contributed by atoms with Crippen molar-refractivity contribution in [2.24, 2.45) is 0 Å². The third-order valence-electron chi connectivity index (χ3n) is 1.63. The largest absolute Gasteiger partial charge is 0.660 e. The van der Waals surface area contributed by atoms with Gasteiger partial charge in [0.15, 0.2) is 11.5 Å². The molecule has 0 spiro atoms. The summed E-state index contributed by atoms with van der Waals surface area (Å²) in [6, 6.07) is 0. The van der Waals surface area contributed by atoms with Crippen molar-refractivity contribution in [3.05, 3.63) is 5.76 Å². The molecule has 5 nitrogen and oxygen atoms in total. The van der Waals surface area contributed by atoms with Gasteiger partial charge in [0.2, 0.25) is 5.75 Å². The van der Waals surface area contributed by atoms with Gasteiger partial charge in [-0.25, -0.2) is 0 Å². The summed E-state index contributed by atoms with van der Waals surface area (Å²) in [6.45, 7) is 0.342. The van der Waals surface area contributed by atoms with E-state index in [0.717, 1.165) is 0 Å². The van der Waals surface area contributed by atoms with Crippen LogP contribution >= 0.6 is 0 Å². The summed E-state index contributed by atoms with van der Waals surface area (Å²) in [7, 11) is 2.42. The number of furan rings is 1. The monoisotopic (exact) mass is 164 g/mol. The molecule has 1 aromatic rings. The van der Waals surface area contributed by atoms with Crippen molar-refractivity contribution in [3.63, 3.8) is 0 Å². The first kappa shape index (κ1) is 6.30. The van der Waals surface area contributed by atoms with Gasteiger partial charge in [-0.15, -0.1) is 0 Å². The summed E-state index contributed by atoms with van der Waals surface area (Å²) in [4.78, 5) is 0. The van der Waals surface area contributed by atoms with Crippen molar-refractivity contribution >= 4 is 15.4 Å². The fraction of sp³-hybridized carbons (Fsp3) is 0.200. The minimum Gasteiger partial charge on any atom is -0.532 e. The van der Waals surface area contributed by atoms with Gasteiger partial charge in [-0.05, 0) is 0 Å². The predicted octanol–water partition coefficient (Wildman–Crippen LogP) is 0.0282. The van der Waals surface area contributed by atoms with E-state index in [9.17, 15) is 0 Å². The normalized spacial score (nSPS) is 17.3. The van der Waals surface area contributed by atoms with Gasteiger partial charge in [-0.1, -0.05) is 0 Å². The Balaban J connectivity index is 2.14. The van der Waals surface area contributed by atoms with Crippen LogP contribution in [-0.2, 0) is 11.3 Å². The Labute approximate surface area is 69.1 Å². The van der Waals surface area contributed by atoms with E-state index in [1.807, 2.05) is 0 Å². The fourth-order valence-electron chi connectivity index (χ4n) is 1.13. The molecule has 1 aromatic heterocycles. The molecule has 0 N–H and O–H groups in total. The Hall–Kier alpha value is -1.23. The van der Waals surface area contributed by atoms with E-state index >= 15 is 0 Å². The molecular weight excluding hydrogens is 162 g/mol. The summed E-state index contributed by atoms with van der Waals surface area (Å²) in [6.07, 6.45) is 0. The van der Waals surface area contributed by atoms with Crippen molar-refractivity contribution in [2.45, 2.75) is 6.61 Å². The van der Waals surface area contributed by atoms with Crippen LogP contribution in [0.1, 0.15) is 5.76 Å². The number of hydrogen-bond donors (Lipinski definition) is 0. The zero-order valence-corrected chi connectivity index (χ0v) is 5.90. The Morgan fingerprint density at radius 1 is 1.00 bits per heavy atom. The highest BCUT2D eigenvalue weighted by Crippen LogP contribution is 2.46. The Morgan fingerprint density at radius 3 is 2.92 bits per heavy atom. The van der Waals surface area contributed by atoms with Gasteiger partial charge in [-0.3, -0.25) is 0 Å². The van der Waals surface area contributed by atoms with Crippen LogP contribution in [-0.4, -0.2) is 15.4 Å². The molecule has 2 aliphatic rings. The molecule has 0 atom stereocenters. The van der Waals surface area contributed by atoms with E-state index < -0.39 is 0 Å². The molecule has 0 bridgehead atoms. The highest BCUT2D eigenvalue weighted by molar-refractivity contribution is 6.23. The Bertz CT molecular complexity index is 322. The lowest BCUT2D eigenvalue weighted by Crippen LogP contribution is -2.14. The highest BCUT2D eigenvalue weighted by atomic mass is 16.7. The van der Waals surface area contributed by atoms with Crippen molar-refractivity contribution in [1.29, 1.82) is 0 Å². The van der Waals surface area contributed by atoms with Gasteiger partial charge < -0.3 is 23.0 Å². The quantitative estimate of drug-likeness (QED) is 0.505. The third kappa shape index (κ3) is 0.687. The van der Waals surface area contributed by atoms with Crippen molar-refractivity contribution in [1.82, 2.24) is 0 Å². The third-order valence-corrected chi connectivity index (χ3v) is 1.63. The summed E-state index contributed by atoms with van der Waals surface area (Å²) >= 11 is 0. The molecule has 0 unspecified atom stereocenters. The predicted molar refractivity (Wildman–Crippen MR) is 36.9 cm³/mol. The lowest BCUT2D eigenvalue weighted by atomic mass is 10.3. The molecule has 58 valence electrons. The van der Waals surface area contributed by atoms with Gasteiger partial charge >= 0.3 is 21.3 Å². The summed E-state index contributed by atoms with van der Waals surface area (Å²) in [5.41, 5.74) is 0.